The number of halogens is 3. The zero-order chi connectivity index (χ0) is 9.90. The monoisotopic (exact) mass is 213 g/mol. The molecule has 0 bridgehead atoms. The number of alkyl halides is 3. The van der Waals surface area contributed by atoms with Crippen molar-refractivity contribution in [2.75, 3.05) is 11.5 Å². The largest absolute Gasteiger partial charge is 0.403 e. The molecule has 2 N–H and O–H groups in total. The van der Waals surface area contributed by atoms with Crippen LogP contribution in [0.5, 0.6) is 0 Å². The molecule has 5 heteroatoms. The van der Waals surface area contributed by atoms with E-state index in [1.165, 1.54) is 0 Å². The highest BCUT2D eigenvalue weighted by Gasteiger charge is 2.37. The van der Waals surface area contributed by atoms with Gasteiger partial charge < -0.3 is 5.73 Å². The fourth-order valence-electron chi connectivity index (χ4n) is 1.49. The second-order valence-corrected chi connectivity index (χ2v) is 4.62. The Morgan fingerprint density at radius 3 is 2.62 bits per heavy atom. The SMILES string of the molecule is NC(CC1CCCSC1)C(F)(F)F. The number of thioether (sulfide) groups is 1. The third-order valence-electron chi connectivity index (χ3n) is 2.26. The minimum absolute atomic E-state index is 0.0938. The summed E-state index contributed by atoms with van der Waals surface area (Å²) >= 11 is 1.73. The molecule has 1 nitrogen and oxygen atoms in total. The molecule has 1 heterocycles. The Bertz CT molecular complexity index is 154. The van der Waals surface area contributed by atoms with Gasteiger partial charge in [0.05, 0.1) is 0 Å². The topological polar surface area (TPSA) is 26.0 Å². The molecule has 0 spiro atoms. The fraction of sp³-hybridized carbons (Fsp3) is 1.00. The van der Waals surface area contributed by atoms with Gasteiger partial charge in [0.25, 0.3) is 0 Å². The highest BCUT2D eigenvalue weighted by atomic mass is 32.2. The van der Waals surface area contributed by atoms with Gasteiger partial charge in [-0.15, -0.1) is 0 Å². The van der Waals surface area contributed by atoms with Crippen molar-refractivity contribution in [3.63, 3.8) is 0 Å². The summed E-state index contributed by atoms with van der Waals surface area (Å²) in [7, 11) is 0. The number of nitrogens with two attached hydrogens (primary N) is 1. The van der Waals surface area contributed by atoms with E-state index in [9.17, 15) is 13.2 Å². The zero-order valence-corrected chi connectivity index (χ0v) is 8.13. The Hall–Kier alpha value is 0.100. The number of rotatable bonds is 2. The molecule has 1 aliphatic heterocycles. The van der Waals surface area contributed by atoms with Crippen molar-refractivity contribution in [1.29, 1.82) is 0 Å². The molecule has 0 radical (unpaired) electrons. The highest BCUT2D eigenvalue weighted by Crippen LogP contribution is 2.30. The van der Waals surface area contributed by atoms with Crippen molar-refractivity contribution in [2.45, 2.75) is 31.5 Å². The maximum Gasteiger partial charge on any atom is 0.403 e. The van der Waals surface area contributed by atoms with E-state index in [4.69, 9.17) is 5.73 Å². The molecule has 78 valence electrons. The van der Waals surface area contributed by atoms with E-state index < -0.39 is 12.2 Å². The van der Waals surface area contributed by atoms with E-state index in [2.05, 4.69) is 0 Å². The van der Waals surface area contributed by atoms with Gasteiger partial charge in [0.15, 0.2) is 0 Å². The Kier molecular flexibility index (Phi) is 3.91. The summed E-state index contributed by atoms with van der Waals surface area (Å²) in [4.78, 5) is 0. The van der Waals surface area contributed by atoms with Crippen LogP contribution in [0.4, 0.5) is 13.2 Å². The molecule has 2 unspecified atom stereocenters. The maximum atomic E-state index is 12.1. The summed E-state index contributed by atoms with van der Waals surface area (Å²) in [6.45, 7) is 0. The van der Waals surface area contributed by atoms with Crippen LogP contribution in [0.2, 0.25) is 0 Å². The fourth-order valence-corrected chi connectivity index (χ4v) is 2.66. The zero-order valence-electron chi connectivity index (χ0n) is 7.31. The molecule has 13 heavy (non-hydrogen) atoms. The minimum atomic E-state index is -4.22. The maximum absolute atomic E-state index is 12.1. The van der Waals surface area contributed by atoms with E-state index in [-0.39, 0.29) is 12.3 Å². The molecule has 1 aliphatic rings. The van der Waals surface area contributed by atoms with Crippen molar-refractivity contribution in [3.05, 3.63) is 0 Å². The first-order valence-corrected chi connectivity index (χ1v) is 5.55. The molecule has 0 saturated carbocycles. The Morgan fingerprint density at radius 2 is 2.15 bits per heavy atom. The predicted molar refractivity (Wildman–Crippen MR) is 48.7 cm³/mol. The van der Waals surface area contributed by atoms with Crippen LogP contribution >= 0.6 is 11.8 Å². The van der Waals surface area contributed by atoms with Gasteiger partial charge in [-0.05, 0) is 36.7 Å². The highest BCUT2D eigenvalue weighted by molar-refractivity contribution is 7.99. The summed E-state index contributed by atoms with van der Waals surface area (Å²) in [6, 6.07) is -1.63. The lowest BCUT2D eigenvalue weighted by molar-refractivity contribution is -0.151. The van der Waals surface area contributed by atoms with Crippen molar-refractivity contribution >= 4 is 11.8 Å². The second-order valence-electron chi connectivity index (χ2n) is 3.47. The summed E-state index contributed by atoms with van der Waals surface area (Å²) in [6.07, 6.45) is -2.20. The van der Waals surface area contributed by atoms with Crippen LogP contribution in [-0.2, 0) is 0 Å². The first kappa shape index (κ1) is 11.2. The van der Waals surface area contributed by atoms with Gasteiger partial charge in [-0.2, -0.15) is 24.9 Å². The average Bonchev–Trinajstić information content (AvgIpc) is 2.04. The lowest BCUT2D eigenvalue weighted by Gasteiger charge is -2.25. The first-order valence-electron chi connectivity index (χ1n) is 4.40. The molecular formula is C8H14F3NS. The van der Waals surface area contributed by atoms with E-state index in [1.54, 1.807) is 11.8 Å². The summed E-state index contributed by atoms with van der Waals surface area (Å²) in [5.74, 6) is 2.08. The summed E-state index contributed by atoms with van der Waals surface area (Å²) in [5, 5.41) is 0. The van der Waals surface area contributed by atoms with Gasteiger partial charge in [0, 0.05) is 0 Å². The van der Waals surface area contributed by atoms with Crippen LogP contribution in [0, 0.1) is 5.92 Å². The van der Waals surface area contributed by atoms with Gasteiger partial charge in [-0.1, -0.05) is 0 Å². The van der Waals surface area contributed by atoms with Gasteiger partial charge in [0.1, 0.15) is 6.04 Å². The third-order valence-corrected chi connectivity index (χ3v) is 3.55. The van der Waals surface area contributed by atoms with E-state index >= 15 is 0 Å². The normalized spacial score (nSPS) is 27.2. The lowest BCUT2D eigenvalue weighted by atomic mass is 9.97. The quantitative estimate of drug-likeness (QED) is 0.762. The molecule has 0 aliphatic carbocycles. The van der Waals surface area contributed by atoms with E-state index in [1.807, 2.05) is 0 Å². The minimum Gasteiger partial charge on any atom is -0.320 e. The molecule has 2 atom stereocenters. The van der Waals surface area contributed by atoms with Crippen LogP contribution in [0.15, 0.2) is 0 Å². The van der Waals surface area contributed by atoms with Crippen LogP contribution in [0.25, 0.3) is 0 Å². The van der Waals surface area contributed by atoms with Gasteiger partial charge >= 0.3 is 6.18 Å². The Balaban J connectivity index is 2.30. The van der Waals surface area contributed by atoms with Crippen LogP contribution in [-0.4, -0.2) is 23.7 Å². The molecule has 1 saturated heterocycles. The molecule has 0 amide bonds. The molecular weight excluding hydrogens is 199 g/mol. The molecule has 0 aromatic heterocycles. The lowest BCUT2D eigenvalue weighted by Crippen LogP contribution is -2.39. The van der Waals surface area contributed by atoms with Crippen LogP contribution in [0.1, 0.15) is 19.3 Å². The summed E-state index contributed by atoms with van der Waals surface area (Å²) in [5.41, 5.74) is 5.05. The number of hydrogen-bond donors (Lipinski definition) is 1. The number of hydrogen-bond acceptors (Lipinski definition) is 2. The third kappa shape index (κ3) is 3.77. The standard InChI is InChI=1S/C8H14F3NS/c9-8(10,11)7(12)4-6-2-1-3-13-5-6/h6-7H,1-5,12H2. The average molecular weight is 213 g/mol. The Labute approximate surface area is 80.2 Å². The van der Waals surface area contributed by atoms with Gasteiger partial charge in [0.2, 0.25) is 0 Å². The van der Waals surface area contributed by atoms with E-state index in [0.717, 1.165) is 24.3 Å². The summed E-state index contributed by atoms with van der Waals surface area (Å²) < 4.78 is 36.2. The smallest absolute Gasteiger partial charge is 0.320 e. The van der Waals surface area contributed by atoms with Crippen LogP contribution < -0.4 is 5.73 Å². The molecule has 0 aromatic rings. The predicted octanol–water partition coefficient (Wildman–Crippen LogP) is 2.41. The second kappa shape index (κ2) is 4.55. The van der Waals surface area contributed by atoms with Gasteiger partial charge in [-0.25, -0.2) is 0 Å². The molecule has 1 rings (SSSR count). The van der Waals surface area contributed by atoms with E-state index in [0.29, 0.717) is 0 Å². The molecule has 1 fully saturated rings. The van der Waals surface area contributed by atoms with Crippen molar-refractivity contribution in [3.8, 4) is 0 Å². The Morgan fingerprint density at radius 1 is 1.46 bits per heavy atom. The molecule has 0 aromatic carbocycles. The first-order chi connectivity index (χ1) is 6.00. The van der Waals surface area contributed by atoms with Crippen LogP contribution in [0.3, 0.4) is 0 Å². The van der Waals surface area contributed by atoms with Gasteiger partial charge in [-0.3, -0.25) is 0 Å². The van der Waals surface area contributed by atoms with Crippen molar-refractivity contribution < 1.29 is 13.2 Å². The van der Waals surface area contributed by atoms with Crippen molar-refractivity contribution in [2.24, 2.45) is 11.7 Å². The van der Waals surface area contributed by atoms with Crippen molar-refractivity contribution in [1.82, 2.24) is 0 Å².